The summed E-state index contributed by atoms with van der Waals surface area (Å²) in [6.07, 6.45) is 2.02. The highest BCUT2D eigenvalue weighted by Gasteiger charge is 2.29. The van der Waals surface area contributed by atoms with E-state index in [0.29, 0.717) is 18.7 Å². The minimum absolute atomic E-state index is 0.0323. The fraction of sp³-hybridized carbons (Fsp3) is 0.231. The molecule has 21 heavy (non-hydrogen) atoms. The van der Waals surface area contributed by atoms with Crippen LogP contribution in [0.2, 0.25) is 0 Å². The number of carbonyl (C=O) groups excluding carboxylic acids is 2. The molecule has 3 heterocycles. The van der Waals surface area contributed by atoms with Crippen LogP contribution in [-0.2, 0) is 4.79 Å². The van der Waals surface area contributed by atoms with Gasteiger partial charge in [0.25, 0.3) is 5.91 Å². The third-order valence-corrected chi connectivity index (χ3v) is 3.81. The minimum Gasteiger partial charge on any atom is -0.327 e. The fourth-order valence-electron chi connectivity index (χ4n) is 2.07. The maximum absolute atomic E-state index is 12.8. The van der Waals surface area contributed by atoms with Gasteiger partial charge >= 0.3 is 0 Å². The Kier molecular flexibility index (Phi) is 3.61. The van der Waals surface area contributed by atoms with Crippen LogP contribution in [0.15, 0.2) is 29.2 Å². The summed E-state index contributed by atoms with van der Waals surface area (Å²) in [6.45, 7) is 0.650. The highest BCUT2D eigenvalue weighted by Crippen LogP contribution is 2.15. The SMILES string of the molecule is O=C(c1ccsc1)N1CCN(c2ncc(F)cn2)C(=O)C1. The first-order chi connectivity index (χ1) is 10.1. The summed E-state index contributed by atoms with van der Waals surface area (Å²) in [6, 6.07) is 1.73. The smallest absolute Gasteiger partial charge is 0.255 e. The van der Waals surface area contributed by atoms with Gasteiger partial charge in [0.1, 0.15) is 6.54 Å². The Morgan fingerprint density at radius 3 is 2.67 bits per heavy atom. The highest BCUT2D eigenvalue weighted by molar-refractivity contribution is 7.08. The number of halogens is 1. The number of hydrogen-bond acceptors (Lipinski definition) is 5. The molecule has 2 aromatic rings. The van der Waals surface area contributed by atoms with Gasteiger partial charge in [-0.2, -0.15) is 11.3 Å². The molecular weight excluding hydrogens is 295 g/mol. The summed E-state index contributed by atoms with van der Waals surface area (Å²) >= 11 is 1.43. The third kappa shape index (κ3) is 2.75. The van der Waals surface area contributed by atoms with E-state index >= 15 is 0 Å². The normalized spacial score (nSPS) is 15.4. The second-order valence-electron chi connectivity index (χ2n) is 4.49. The van der Waals surface area contributed by atoms with Gasteiger partial charge in [-0.25, -0.2) is 14.4 Å². The largest absolute Gasteiger partial charge is 0.327 e. The van der Waals surface area contributed by atoms with Gasteiger partial charge in [0, 0.05) is 18.5 Å². The van der Waals surface area contributed by atoms with Gasteiger partial charge in [0.2, 0.25) is 11.9 Å². The lowest BCUT2D eigenvalue weighted by molar-refractivity contribution is -0.120. The van der Waals surface area contributed by atoms with Gasteiger partial charge in [-0.1, -0.05) is 0 Å². The maximum Gasteiger partial charge on any atom is 0.255 e. The van der Waals surface area contributed by atoms with Gasteiger partial charge in [-0.15, -0.1) is 0 Å². The maximum atomic E-state index is 12.8. The van der Waals surface area contributed by atoms with Crippen LogP contribution in [-0.4, -0.2) is 46.3 Å². The number of piperazine rings is 1. The molecule has 1 fully saturated rings. The predicted molar refractivity (Wildman–Crippen MR) is 74.6 cm³/mol. The molecule has 0 aliphatic carbocycles. The zero-order chi connectivity index (χ0) is 14.8. The van der Waals surface area contributed by atoms with Crippen molar-refractivity contribution in [3.05, 3.63) is 40.6 Å². The molecule has 0 spiro atoms. The van der Waals surface area contributed by atoms with E-state index in [1.807, 2.05) is 5.38 Å². The molecule has 0 radical (unpaired) electrons. The Morgan fingerprint density at radius 1 is 1.29 bits per heavy atom. The van der Waals surface area contributed by atoms with Crippen molar-refractivity contribution in [2.24, 2.45) is 0 Å². The zero-order valence-corrected chi connectivity index (χ0v) is 11.7. The Bertz CT molecular complexity index is 659. The van der Waals surface area contributed by atoms with E-state index in [1.54, 1.807) is 11.4 Å². The van der Waals surface area contributed by atoms with Crippen molar-refractivity contribution in [1.82, 2.24) is 14.9 Å². The molecule has 2 amide bonds. The standard InChI is InChI=1S/C13H11FN4O2S/c14-10-5-15-13(16-6-10)18-3-2-17(7-11(18)19)12(20)9-1-4-21-8-9/h1,4-6,8H,2-3,7H2. The number of nitrogens with zero attached hydrogens (tertiary/aromatic N) is 4. The molecule has 0 bridgehead atoms. The van der Waals surface area contributed by atoms with E-state index in [-0.39, 0.29) is 24.3 Å². The average molecular weight is 306 g/mol. The van der Waals surface area contributed by atoms with Crippen molar-refractivity contribution in [2.45, 2.75) is 0 Å². The first-order valence-corrected chi connectivity index (χ1v) is 7.19. The number of rotatable bonds is 2. The quantitative estimate of drug-likeness (QED) is 0.835. The van der Waals surface area contributed by atoms with Crippen molar-refractivity contribution in [3.63, 3.8) is 0 Å². The molecule has 6 nitrogen and oxygen atoms in total. The summed E-state index contributed by atoms with van der Waals surface area (Å²) in [4.78, 5) is 34.7. The van der Waals surface area contributed by atoms with E-state index in [0.717, 1.165) is 12.4 Å². The van der Waals surface area contributed by atoms with E-state index in [1.165, 1.54) is 21.1 Å². The van der Waals surface area contributed by atoms with Gasteiger partial charge in [-0.3, -0.25) is 14.5 Å². The predicted octanol–water partition coefficient (Wildman–Crippen LogP) is 1.17. The second kappa shape index (κ2) is 5.57. The second-order valence-corrected chi connectivity index (χ2v) is 5.27. The van der Waals surface area contributed by atoms with Crippen LogP contribution in [0.1, 0.15) is 10.4 Å². The number of amides is 2. The number of thiophene rings is 1. The van der Waals surface area contributed by atoms with Crippen LogP contribution < -0.4 is 4.90 Å². The minimum atomic E-state index is -0.558. The molecule has 0 unspecified atom stereocenters. The summed E-state index contributed by atoms with van der Waals surface area (Å²) < 4.78 is 12.8. The average Bonchev–Trinajstić information content (AvgIpc) is 3.02. The van der Waals surface area contributed by atoms with Crippen molar-refractivity contribution >= 4 is 29.1 Å². The summed E-state index contributed by atoms with van der Waals surface area (Å²) in [5, 5.41) is 3.57. The molecule has 0 N–H and O–H groups in total. The summed E-state index contributed by atoms with van der Waals surface area (Å²) in [5.74, 6) is -0.845. The Labute approximate surface area is 123 Å². The van der Waals surface area contributed by atoms with E-state index in [4.69, 9.17) is 0 Å². The lowest BCUT2D eigenvalue weighted by Gasteiger charge is -2.32. The van der Waals surface area contributed by atoms with Crippen molar-refractivity contribution in [2.75, 3.05) is 24.5 Å². The van der Waals surface area contributed by atoms with Gasteiger partial charge in [-0.05, 0) is 11.4 Å². The molecule has 0 aromatic carbocycles. The molecule has 108 valence electrons. The number of aromatic nitrogens is 2. The van der Waals surface area contributed by atoms with Gasteiger partial charge in [0.15, 0.2) is 5.82 Å². The molecule has 1 saturated heterocycles. The first-order valence-electron chi connectivity index (χ1n) is 6.24. The highest BCUT2D eigenvalue weighted by atomic mass is 32.1. The van der Waals surface area contributed by atoms with Crippen molar-refractivity contribution in [1.29, 1.82) is 0 Å². The summed E-state index contributed by atoms with van der Waals surface area (Å²) in [5.41, 5.74) is 0.583. The summed E-state index contributed by atoms with van der Waals surface area (Å²) in [7, 11) is 0. The van der Waals surface area contributed by atoms with Gasteiger partial charge < -0.3 is 4.90 Å². The number of anilines is 1. The van der Waals surface area contributed by atoms with Crippen LogP contribution in [0.4, 0.5) is 10.3 Å². The molecule has 0 atom stereocenters. The van der Waals surface area contributed by atoms with Crippen LogP contribution >= 0.6 is 11.3 Å². The van der Waals surface area contributed by atoms with Crippen LogP contribution in [0, 0.1) is 5.82 Å². The topological polar surface area (TPSA) is 66.4 Å². The Balaban J connectivity index is 1.71. The monoisotopic (exact) mass is 306 g/mol. The third-order valence-electron chi connectivity index (χ3n) is 3.12. The lowest BCUT2D eigenvalue weighted by Crippen LogP contribution is -2.52. The Morgan fingerprint density at radius 2 is 2.05 bits per heavy atom. The zero-order valence-electron chi connectivity index (χ0n) is 10.9. The lowest BCUT2D eigenvalue weighted by atomic mass is 10.2. The van der Waals surface area contributed by atoms with E-state index in [9.17, 15) is 14.0 Å². The Hall–Kier alpha value is -2.35. The molecule has 1 aliphatic heterocycles. The van der Waals surface area contributed by atoms with Gasteiger partial charge in [0.05, 0.1) is 18.0 Å². The molecular formula is C13H11FN4O2S. The van der Waals surface area contributed by atoms with Crippen LogP contribution in [0.25, 0.3) is 0 Å². The molecule has 0 saturated carbocycles. The van der Waals surface area contributed by atoms with E-state index in [2.05, 4.69) is 9.97 Å². The first kappa shape index (κ1) is 13.6. The molecule has 3 rings (SSSR count). The number of carbonyl (C=O) groups is 2. The molecule has 8 heteroatoms. The fourth-order valence-corrected chi connectivity index (χ4v) is 2.70. The number of hydrogen-bond donors (Lipinski definition) is 0. The van der Waals surface area contributed by atoms with Crippen LogP contribution in [0.3, 0.4) is 0 Å². The van der Waals surface area contributed by atoms with E-state index < -0.39 is 5.82 Å². The van der Waals surface area contributed by atoms with Crippen molar-refractivity contribution < 1.29 is 14.0 Å². The van der Waals surface area contributed by atoms with Crippen LogP contribution in [0.5, 0.6) is 0 Å². The van der Waals surface area contributed by atoms with Crippen molar-refractivity contribution in [3.8, 4) is 0 Å². The molecule has 1 aliphatic rings. The molecule has 2 aromatic heterocycles.